The van der Waals surface area contributed by atoms with Gasteiger partial charge in [0.1, 0.15) is 11.5 Å². The molecule has 0 radical (unpaired) electrons. The van der Waals surface area contributed by atoms with Crippen molar-refractivity contribution >= 4 is 11.8 Å². The van der Waals surface area contributed by atoms with Crippen molar-refractivity contribution in [2.24, 2.45) is 0 Å². The predicted octanol–water partition coefficient (Wildman–Crippen LogP) is 1.08. The lowest BCUT2D eigenvalue weighted by molar-refractivity contribution is -0.116. The van der Waals surface area contributed by atoms with Crippen LogP contribution in [0.4, 0.5) is 4.79 Å². The fraction of sp³-hybridized carbons (Fsp3) is 0.333. The van der Waals surface area contributed by atoms with E-state index < -0.39 is 0 Å². The van der Waals surface area contributed by atoms with E-state index in [9.17, 15) is 9.59 Å². The maximum Gasteiger partial charge on any atom is 0.315 e. The quantitative estimate of drug-likeness (QED) is 0.804. The number of Topliss-reactive ketones (excluding diaryl/α,β-unsaturated/α-hetero) is 1. The molecule has 0 heterocycles. The van der Waals surface area contributed by atoms with Crippen LogP contribution in [0.3, 0.4) is 0 Å². The van der Waals surface area contributed by atoms with Crippen LogP contribution in [-0.4, -0.2) is 25.5 Å². The molecule has 5 heteroatoms. The first-order chi connectivity index (χ1) is 8.13. The second-order valence-electron chi connectivity index (χ2n) is 3.55. The first-order valence-corrected chi connectivity index (χ1v) is 5.26. The molecule has 0 spiro atoms. The minimum absolute atomic E-state index is 0.0394. The molecule has 0 saturated carbocycles. The zero-order chi connectivity index (χ0) is 12.7. The lowest BCUT2D eigenvalue weighted by Gasteiger charge is -2.09. The summed E-state index contributed by atoms with van der Waals surface area (Å²) in [6, 6.07) is 7.05. The van der Waals surface area contributed by atoms with Gasteiger partial charge in [0, 0.05) is 12.1 Å². The van der Waals surface area contributed by atoms with E-state index in [1.807, 2.05) is 24.3 Å². The van der Waals surface area contributed by atoms with Crippen LogP contribution < -0.4 is 15.4 Å². The summed E-state index contributed by atoms with van der Waals surface area (Å²) in [6.07, 6.45) is 0. The van der Waals surface area contributed by atoms with Crippen molar-refractivity contribution in [2.45, 2.75) is 13.5 Å². The lowest BCUT2D eigenvalue weighted by Crippen LogP contribution is -2.37. The van der Waals surface area contributed by atoms with E-state index >= 15 is 0 Å². The molecule has 0 fully saturated rings. The minimum Gasteiger partial charge on any atom is -0.496 e. The van der Waals surface area contributed by atoms with Crippen molar-refractivity contribution in [2.75, 3.05) is 13.7 Å². The Labute approximate surface area is 100 Å². The molecular weight excluding hydrogens is 220 g/mol. The molecule has 17 heavy (non-hydrogen) atoms. The number of ketones is 1. The molecule has 0 bridgehead atoms. The number of methoxy groups -OCH3 is 1. The largest absolute Gasteiger partial charge is 0.496 e. The van der Waals surface area contributed by atoms with Gasteiger partial charge >= 0.3 is 6.03 Å². The third kappa shape index (κ3) is 4.55. The van der Waals surface area contributed by atoms with Crippen molar-refractivity contribution in [3.8, 4) is 5.75 Å². The van der Waals surface area contributed by atoms with E-state index in [1.165, 1.54) is 6.92 Å². The van der Waals surface area contributed by atoms with E-state index in [0.717, 1.165) is 11.3 Å². The zero-order valence-corrected chi connectivity index (χ0v) is 9.95. The van der Waals surface area contributed by atoms with Crippen LogP contribution in [0.1, 0.15) is 12.5 Å². The van der Waals surface area contributed by atoms with Crippen molar-refractivity contribution in [1.82, 2.24) is 10.6 Å². The Kier molecular flexibility index (Phi) is 5.00. The Hall–Kier alpha value is -2.04. The molecule has 0 aliphatic rings. The lowest BCUT2D eigenvalue weighted by atomic mass is 10.2. The van der Waals surface area contributed by atoms with Gasteiger partial charge in [-0.05, 0) is 13.0 Å². The van der Waals surface area contributed by atoms with Gasteiger partial charge in [0.05, 0.1) is 13.7 Å². The molecular formula is C12H16N2O3. The molecule has 1 aromatic carbocycles. The van der Waals surface area contributed by atoms with Gasteiger partial charge in [-0.3, -0.25) is 4.79 Å². The van der Waals surface area contributed by atoms with Crippen molar-refractivity contribution in [3.63, 3.8) is 0 Å². The van der Waals surface area contributed by atoms with E-state index in [2.05, 4.69) is 10.6 Å². The van der Waals surface area contributed by atoms with Crippen LogP contribution in [0.2, 0.25) is 0 Å². The van der Waals surface area contributed by atoms with Crippen LogP contribution in [0.5, 0.6) is 5.75 Å². The van der Waals surface area contributed by atoms with Gasteiger partial charge in [-0.2, -0.15) is 0 Å². The highest BCUT2D eigenvalue weighted by molar-refractivity contribution is 5.83. The summed E-state index contributed by atoms with van der Waals surface area (Å²) in [5.41, 5.74) is 0.882. The molecule has 0 unspecified atom stereocenters. The molecule has 1 rings (SSSR count). The van der Waals surface area contributed by atoms with Crippen LogP contribution in [-0.2, 0) is 11.3 Å². The van der Waals surface area contributed by atoms with E-state index in [4.69, 9.17) is 4.74 Å². The van der Waals surface area contributed by atoms with Crippen LogP contribution in [0, 0.1) is 0 Å². The number of benzene rings is 1. The highest BCUT2D eigenvalue weighted by Crippen LogP contribution is 2.16. The molecule has 0 saturated heterocycles. The molecule has 0 atom stereocenters. The van der Waals surface area contributed by atoms with Gasteiger partial charge in [-0.1, -0.05) is 18.2 Å². The van der Waals surface area contributed by atoms with Crippen LogP contribution >= 0.6 is 0 Å². The van der Waals surface area contributed by atoms with Gasteiger partial charge < -0.3 is 15.4 Å². The summed E-state index contributed by atoms with van der Waals surface area (Å²) in [7, 11) is 1.58. The van der Waals surface area contributed by atoms with Crippen molar-refractivity contribution in [1.29, 1.82) is 0 Å². The Morgan fingerprint density at radius 1 is 1.24 bits per heavy atom. The number of amides is 2. The fourth-order valence-corrected chi connectivity index (χ4v) is 1.29. The number of rotatable bonds is 5. The number of nitrogens with one attached hydrogen (secondary N) is 2. The number of ether oxygens (including phenoxy) is 1. The maximum atomic E-state index is 11.3. The monoisotopic (exact) mass is 236 g/mol. The molecule has 0 aliphatic carbocycles. The number of carbonyl (C=O) groups is 2. The van der Waals surface area contributed by atoms with Gasteiger partial charge in [0.25, 0.3) is 0 Å². The Balaban J connectivity index is 2.44. The second-order valence-corrected chi connectivity index (χ2v) is 3.55. The van der Waals surface area contributed by atoms with E-state index in [0.29, 0.717) is 6.54 Å². The number of hydrogen-bond acceptors (Lipinski definition) is 3. The summed E-state index contributed by atoms with van der Waals surface area (Å²) in [5.74, 6) is 0.636. The highest BCUT2D eigenvalue weighted by atomic mass is 16.5. The van der Waals surface area contributed by atoms with Crippen molar-refractivity contribution in [3.05, 3.63) is 29.8 Å². The Bertz CT molecular complexity index is 404. The standard InChI is InChI=1S/C12H16N2O3/c1-9(15)7-13-12(16)14-8-10-5-3-4-6-11(10)17-2/h3-6H,7-8H2,1-2H3,(H2,13,14,16). The Morgan fingerprint density at radius 3 is 2.59 bits per heavy atom. The molecule has 1 aromatic rings. The van der Waals surface area contributed by atoms with Gasteiger partial charge in [-0.25, -0.2) is 4.79 Å². The van der Waals surface area contributed by atoms with E-state index in [1.54, 1.807) is 7.11 Å². The average Bonchev–Trinajstić information content (AvgIpc) is 2.34. The maximum absolute atomic E-state index is 11.3. The summed E-state index contributed by atoms with van der Waals surface area (Å²) >= 11 is 0. The molecule has 92 valence electrons. The topological polar surface area (TPSA) is 67.4 Å². The third-order valence-electron chi connectivity index (χ3n) is 2.13. The highest BCUT2D eigenvalue weighted by Gasteiger charge is 2.04. The van der Waals surface area contributed by atoms with Gasteiger partial charge in [0.15, 0.2) is 0 Å². The predicted molar refractivity (Wildman–Crippen MR) is 63.9 cm³/mol. The first-order valence-electron chi connectivity index (χ1n) is 5.26. The summed E-state index contributed by atoms with van der Waals surface area (Å²) < 4.78 is 5.15. The SMILES string of the molecule is COc1ccccc1CNC(=O)NCC(C)=O. The number of hydrogen-bond donors (Lipinski definition) is 2. The summed E-state index contributed by atoms with van der Waals surface area (Å²) in [6.45, 7) is 1.81. The fourth-order valence-electron chi connectivity index (χ4n) is 1.29. The average molecular weight is 236 g/mol. The molecule has 2 amide bonds. The minimum atomic E-state index is -0.369. The third-order valence-corrected chi connectivity index (χ3v) is 2.13. The number of carbonyl (C=O) groups excluding carboxylic acids is 2. The van der Waals surface area contributed by atoms with Crippen molar-refractivity contribution < 1.29 is 14.3 Å². The molecule has 0 aliphatic heterocycles. The summed E-state index contributed by atoms with van der Waals surface area (Å²) in [4.78, 5) is 22.0. The first kappa shape index (κ1) is 13.0. The van der Waals surface area contributed by atoms with Gasteiger partial charge in [-0.15, -0.1) is 0 Å². The smallest absolute Gasteiger partial charge is 0.315 e. The van der Waals surface area contributed by atoms with Crippen LogP contribution in [0.25, 0.3) is 0 Å². The molecule has 2 N–H and O–H groups in total. The number of para-hydroxylation sites is 1. The Morgan fingerprint density at radius 2 is 1.94 bits per heavy atom. The number of urea groups is 1. The summed E-state index contributed by atoms with van der Waals surface area (Å²) in [5, 5.41) is 5.10. The normalized spacial score (nSPS) is 9.53. The van der Waals surface area contributed by atoms with Crippen LogP contribution in [0.15, 0.2) is 24.3 Å². The van der Waals surface area contributed by atoms with Gasteiger partial charge in [0.2, 0.25) is 0 Å². The second kappa shape index (κ2) is 6.52. The van der Waals surface area contributed by atoms with E-state index in [-0.39, 0.29) is 18.4 Å². The molecule has 0 aromatic heterocycles. The zero-order valence-electron chi connectivity index (χ0n) is 9.95. The molecule has 5 nitrogen and oxygen atoms in total.